The summed E-state index contributed by atoms with van der Waals surface area (Å²) in [6.07, 6.45) is -4.38. The Morgan fingerprint density at radius 1 is 0.962 bits per heavy atom. The summed E-state index contributed by atoms with van der Waals surface area (Å²) in [7, 11) is 0. The molecule has 0 radical (unpaired) electrons. The van der Waals surface area contributed by atoms with Gasteiger partial charge >= 0.3 is 12.2 Å². The number of hydrogen-bond donors (Lipinski definition) is 0. The smallest absolute Gasteiger partial charge is 0.375 e. The van der Waals surface area contributed by atoms with E-state index in [1.54, 1.807) is 4.90 Å². The van der Waals surface area contributed by atoms with Crippen molar-refractivity contribution in [2.75, 3.05) is 31.1 Å². The van der Waals surface area contributed by atoms with Crippen LogP contribution < -0.4 is 4.90 Å². The van der Waals surface area contributed by atoms with Crippen LogP contribution in [-0.2, 0) is 17.5 Å². The molecule has 7 heteroatoms. The zero-order valence-corrected chi connectivity index (χ0v) is 14.1. The Kier molecular flexibility index (Phi) is 5.46. The Bertz CT molecular complexity index is 733. The Hall–Kier alpha value is -2.54. The largest absolute Gasteiger partial charge is 0.416 e. The van der Waals surface area contributed by atoms with Gasteiger partial charge in [-0.1, -0.05) is 30.3 Å². The number of rotatable bonds is 6. The Labute approximate surface area is 149 Å². The number of carbonyl (C=O) groups excluding carboxylic acids is 1. The molecule has 2 aromatic rings. The predicted octanol–water partition coefficient (Wildman–Crippen LogP) is 4.16. The highest BCUT2D eigenvalue weighted by atomic mass is 19.4. The number of carbonyl (C=O) groups is 1. The summed E-state index contributed by atoms with van der Waals surface area (Å²) < 4.78 is 43.5. The van der Waals surface area contributed by atoms with E-state index < -0.39 is 11.7 Å². The van der Waals surface area contributed by atoms with Gasteiger partial charge in [-0.2, -0.15) is 13.2 Å². The van der Waals surface area contributed by atoms with E-state index in [0.717, 1.165) is 17.7 Å². The second kappa shape index (κ2) is 7.78. The van der Waals surface area contributed by atoms with Gasteiger partial charge in [0.25, 0.3) is 0 Å². The highest BCUT2D eigenvalue weighted by molar-refractivity contribution is 5.94. The van der Waals surface area contributed by atoms with Gasteiger partial charge in [-0.25, -0.2) is 4.79 Å². The fourth-order valence-corrected chi connectivity index (χ4v) is 2.80. The van der Waals surface area contributed by atoms with Crippen LogP contribution in [0.25, 0.3) is 0 Å². The average molecular weight is 364 g/mol. The number of amides is 2. The molecule has 1 saturated heterocycles. The maximum absolute atomic E-state index is 12.6. The first-order chi connectivity index (χ1) is 12.4. The van der Waals surface area contributed by atoms with Crippen molar-refractivity contribution in [3.05, 3.63) is 65.7 Å². The lowest BCUT2D eigenvalue weighted by atomic mass is 10.2. The molecular weight excluding hydrogens is 345 g/mol. The first kappa shape index (κ1) is 18.3. The number of anilines is 1. The molecule has 26 heavy (non-hydrogen) atoms. The zero-order valence-electron chi connectivity index (χ0n) is 14.1. The molecule has 0 spiro atoms. The quantitative estimate of drug-likeness (QED) is 0.721. The number of nitrogens with zero attached hydrogens (tertiary/aromatic N) is 2. The molecule has 0 atom stereocenters. The molecule has 0 bridgehead atoms. The summed E-state index contributed by atoms with van der Waals surface area (Å²) in [6, 6.07) is 14.2. The highest BCUT2D eigenvalue weighted by Gasteiger charge is 2.32. The van der Waals surface area contributed by atoms with Crippen LogP contribution in [0.3, 0.4) is 0 Å². The van der Waals surface area contributed by atoms with Crippen LogP contribution in [0.5, 0.6) is 0 Å². The maximum Gasteiger partial charge on any atom is 0.416 e. The van der Waals surface area contributed by atoms with Crippen LogP contribution >= 0.6 is 0 Å². The molecular formula is C19H19F3N2O2. The second-order valence-corrected chi connectivity index (χ2v) is 6.00. The van der Waals surface area contributed by atoms with Crippen molar-refractivity contribution in [3.8, 4) is 0 Å². The van der Waals surface area contributed by atoms with Crippen LogP contribution in [0.2, 0.25) is 0 Å². The van der Waals surface area contributed by atoms with E-state index in [9.17, 15) is 18.0 Å². The van der Waals surface area contributed by atoms with Crippen LogP contribution in [0, 0.1) is 0 Å². The standard InChI is InChI=1S/C19H19F3N2O2/c20-19(21,22)16-6-8-17(9-7-16)24-11-10-23(18(24)25)12-13-26-14-15-4-2-1-3-5-15/h1-9H,10-14H2. The third kappa shape index (κ3) is 4.35. The Morgan fingerprint density at radius 3 is 2.31 bits per heavy atom. The molecule has 2 aromatic carbocycles. The van der Waals surface area contributed by atoms with E-state index in [1.807, 2.05) is 30.3 Å². The van der Waals surface area contributed by atoms with Crippen molar-refractivity contribution in [2.24, 2.45) is 0 Å². The van der Waals surface area contributed by atoms with Crippen molar-refractivity contribution in [1.29, 1.82) is 0 Å². The topological polar surface area (TPSA) is 32.8 Å². The number of urea groups is 1. The van der Waals surface area contributed by atoms with E-state index in [1.165, 1.54) is 17.0 Å². The van der Waals surface area contributed by atoms with E-state index in [-0.39, 0.29) is 6.03 Å². The summed E-state index contributed by atoms with van der Waals surface area (Å²) in [5.41, 5.74) is 0.807. The number of halogens is 3. The van der Waals surface area contributed by atoms with E-state index in [0.29, 0.717) is 38.5 Å². The molecule has 4 nitrogen and oxygen atoms in total. The van der Waals surface area contributed by atoms with Crippen molar-refractivity contribution < 1.29 is 22.7 Å². The summed E-state index contributed by atoms with van der Waals surface area (Å²) in [6.45, 7) is 2.30. The summed E-state index contributed by atoms with van der Waals surface area (Å²) >= 11 is 0. The third-order valence-corrected chi connectivity index (χ3v) is 4.22. The molecule has 1 heterocycles. The van der Waals surface area contributed by atoms with Crippen molar-refractivity contribution in [2.45, 2.75) is 12.8 Å². The number of hydrogen-bond acceptors (Lipinski definition) is 2. The SMILES string of the molecule is O=C1N(CCOCc2ccccc2)CCN1c1ccc(C(F)(F)F)cc1. The van der Waals surface area contributed by atoms with Crippen molar-refractivity contribution in [1.82, 2.24) is 4.90 Å². The minimum atomic E-state index is -4.38. The molecule has 1 aliphatic heterocycles. The number of ether oxygens (including phenoxy) is 1. The second-order valence-electron chi connectivity index (χ2n) is 6.00. The monoisotopic (exact) mass is 364 g/mol. The molecule has 1 fully saturated rings. The van der Waals surface area contributed by atoms with Crippen LogP contribution in [0.1, 0.15) is 11.1 Å². The fourth-order valence-electron chi connectivity index (χ4n) is 2.80. The third-order valence-electron chi connectivity index (χ3n) is 4.22. The minimum Gasteiger partial charge on any atom is -0.375 e. The van der Waals surface area contributed by atoms with Gasteiger partial charge < -0.3 is 9.64 Å². The lowest BCUT2D eigenvalue weighted by Gasteiger charge is -2.19. The molecule has 138 valence electrons. The lowest BCUT2D eigenvalue weighted by molar-refractivity contribution is -0.137. The van der Waals surface area contributed by atoms with Crippen LogP contribution in [0.4, 0.5) is 23.7 Å². The van der Waals surface area contributed by atoms with Crippen molar-refractivity contribution in [3.63, 3.8) is 0 Å². The van der Waals surface area contributed by atoms with E-state index in [4.69, 9.17) is 4.74 Å². The molecule has 0 unspecified atom stereocenters. The highest BCUT2D eigenvalue weighted by Crippen LogP contribution is 2.31. The van der Waals surface area contributed by atoms with Gasteiger partial charge in [0.1, 0.15) is 0 Å². The van der Waals surface area contributed by atoms with Gasteiger partial charge in [0.2, 0.25) is 0 Å². The van der Waals surface area contributed by atoms with Crippen LogP contribution in [0.15, 0.2) is 54.6 Å². The van der Waals surface area contributed by atoms with Crippen molar-refractivity contribution >= 4 is 11.7 Å². The molecule has 1 aliphatic rings. The first-order valence-electron chi connectivity index (χ1n) is 8.30. The normalized spacial score (nSPS) is 15.0. The zero-order chi connectivity index (χ0) is 18.6. The summed E-state index contributed by atoms with van der Waals surface area (Å²) in [5.74, 6) is 0. The van der Waals surface area contributed by atoms with Gasteiger partial charge in [0, 0.05) is 25.3 Å². The van der Waals surface area contributed by atoms with E-state index in [2.05, 4.69) is 0 Å². The summed E-state index contributed by atoms with van der Waals surface area (Å²) in [5, 5.41) is 0. The van der Waals surface area contributed by atoms with Gasteiger partial charge in [-0.15, -0.1) is 0 Å². The van der Waals surface area contributed by atoms with Gasteiger partial charge in [-0.3, -0.25) is 4.90 Å². The number of benzene rings is 2. The summed E-state index contributed by atoms with van der Waals surface area (Å²) in [4.78, 5) is 15.6. The first-order valence-corrected chi connectivity index (χ1v) is 8.30. The molecule has 0 N–H and O–H groups in total. The Morgan fingerprint density at radius 2 is 1.65 bits per heavy atom. The van der Waals surface area contributed by atoms with E-state index >= 15 is 0 Å². The number of alkyl halides is 3. The molecule has 0 aromatic heterocycles. The fraction of sp³-hybridized carbons (Fsp3) is 0.316. The van der Waals surface area contributed by atoms with Gasteiger partial charge in [0.05, 0.1) is 18.8 Å². The Balaban J connectivity index is 1.50. The molecule has 2 amide bonds. The molecule has 3 rings (SSSR count). The maximum atomic E-state index is 12.6. The van der Waals surface area contributed by atoms with Gasteiger partial charge in [-0.05, 0) is 29.8 Å². The molecule has 0 aliphatic carbocycles. The van der Waals surface area contributed by atoms with Gasteiger partial charge in [0.15, 0.2) is 0 Å². The predicted molar refractivity (Wildman–Crippen MR) is 91.9 cm³/mol. The minimum absolute atomic E-state index is 0.215. The average Bonchev–Trinajstić information content (AvgIpc) is 3.00. The van der Waals surface area contributed by atoms with Crippen LogP contribution in [-0.4, -0.2) is 37.2 Å². The molecule has 0 saturated carbocycles. The lowest BCUT2D eigenvalue weighted by Crippen LogP contribution is -2.34.